The van der Waals surface area contributed by atoms with Gasteiger partial charge in [0, 0.05) is 11.1 Å². The number of nitrogens with two attached hydrogens (primary N) is 1. The number of hydrogen-bond donors (Lipinski definition) is 1. The first kappa shape index (κ1) is 20.9. The third-order valence-corrected chi connectivity index (χ3v) is 5.81. The number of ether oxygens (including phenoxy) is 2. The van der Waals surface area contributed by atoms with Crippen LogP contribution in [0.15, 0.2) is 47.1 Å². The van der Waals surface area contributed by atoms with E-state index in [2.05, 4.69) is 15.0 Å². The molecular formula is C24H21FN4O4. The lowest BCUT2D eigenvalue weighted by atomic mass is 9.79. The molecule has 4 aromatic rings. The Kier molecular flexibility index (Phi) is 5.37. The van der Waals surface area contributed by atoms with Crippen molar-refractivity contribution in [2.45, 2.75) is 31.8 Å². The first-order valence-corrected chi connectivity index (χ1v) is 10.5. The van der Waals surface area contributed by atoms with Gasteiger partial charge in [0.25, 0.3) is 0 Å². The van der Waals surface area contributed by atoms with Crippen LogP contribution in [-0.4, -0.2) is 28.0 Å². The van der Waals surface area contributed by atoms with Crippen molar-refractivity contribution in [2.24, 2.45) is 0 Å². The van der Waals surface area contributed by atoms with Crippen LogP contribution in [0, 0.1) is 5.82 Å². The lowest BCUT2D eigenvalue weighted by Gasteiger charge is -2.28. The molecular weight excluding hydrogens is 427 g/mol. The second kappa shape index (κ2) is 8.50. The molecule has 2 N–H and O–H groups in total. The minimum atomic E-state index is -0.512. The molecule has 0 saturated heterocycles. The maximum Gasteiger partial charge on any atom is 0.337 e. The summed E-state index contributed by atoms with van der Waals surface area (Å²) in [6, 6.07) is 8.39. The fourth-order valence-electron chi connectivity index (χ4n) is 3.85. The summed E-state index contributed by atoms with van der Waals surface area (Å²) in [5.74, 6) is -0.0487. The summed E-state index contributed by atoms with van der Waals surface area (Å²) in [5, 5.41) is 0. The predicted molar refractivity (Wildman–Crippen MR) is 118 cm³/mol. The molecule has 0 amide bonds. The quantitative estimate of drug-likeness (QED) is 0.425. The highest BCUT2D eigenvalue weighted by Gasteiger charge is 2.27. The van der Waals surface area contributed by atoms with Gasteiger partial charge in [0.2, 0.25) is 5.89 Å². The second-order valence-electron chi connectivity index (χ2n) is 7.87. The molecule has 0 bridgehead atoms. The first-order chi connectivity index (χ1) is 16.0. The number of benzene rings is 2. The average molecular weight is 448 g/mol. The Bertz CT molecular complexity index is 1330. The van der Waals surface area contributed by atoms with E-state index in [9.17, 15) is 4.79 Å². The van der Waals surface area contributed by atoms with Crippen molar-refractivity contribution >= 4 is 22.9 Å². The fraction of sp³-hybridized carbons (Fsp3) is 0.250. The molecule has 0 spiro atoms. The second-order valence-corrected chi connectivity index (χ2v) is 7.87. The van der Waals surface area contributed by atoms with Crippen LogP contribution in [-0.2, 0) is 11.3 Å². The summed E-state index contributed by atoms with van der Waals surface area (Å²) in [5.41, 5.74) is 8.41. The third kappa shape index (κ3) is 3.97. The van der Waals surface area contributed by atoms with Crippen molar-refractivity contribution in [3.05, 3.63) is 65.6 Å². The van der Waals surface area contributed by atoms with Crippen LogP contribution in [0.25, 0.3) is 22.4 Å². The van der Waals surface area contributed by atoms with Gasteiger partial charge in [-0.2, -0.15) is 0 Å². The molecule has 0 aliphatic heterocycles. The van der Waals surface area contributed by atoms with E-state index in [1.54, 1.807) is 24.3 Å². The van der Waals surface area contributed by atoms with Crippen LogP contribution in [0.2, 0.25) is 0 Å². The highest BCUT2D eigenvalue weighted by Crippen LogP contribution is 2.44. The number of carbonyl (C=O) groups excluding carboxylic acids is 1. The maximum atomic E-state index is 15.6. The van der Waals surface area contributed by atoms with Crippen molar-refractivity contribution in [3.8, 4) is 17.0 Å². The van der Waals surface area contributed by atoms with Gasteiger partial charge >= 0.3 is 5.97 Å². The maximum absolute atomic E-state index is 15.6. The van der Waals surface area contributed by atoms with E-state index < -0.39 is 11.8 Å². The molecule has 33 heavy (non-hydrogen) atoms. The molecule has 5 rings (SSSR count). The van der Waals surface area contributed by atoms with E-state index in [0.29, 0.717) is 22.4 Å². The van der Waals surface area contributed by atoms with Crippen LogP contribution in [0.3, 0.4) is 0 Å². The van der Waals surface area contributed by atoms with E-state index in [4.69, 9.17) is 19.6 Å². The minimum absolute atomic E-state index is 0.0737. The van der Waals surface area contributed by atoms with Gasteiger partial charge in [-0.1, -0.05) is 12.5 Å². The number of rotatable bonds is 6. The summed E-state index contributed by atoms with van der Waals surface area (Å²) < 4.78 is 32.0. The third-order valence-electron chi connectivity index (χ3n) is 5.81. The van der Waals surface area contributed by atoms with Crippen molar-refractivity contribution in [2.75, 3.05) is 12.8 Å². The Balaban J connectivity index is 1.46. The topological polar surface area (TPSA) is 113 Å². The van der Waals surface area contributed by atoms with Crippen LogP contribution < -0.4 is 10.5 Å². The zero-order valence-electron chi connectivity index (χ0n) is 17.9. The molecule has 1 aliphatic carbocycles. The van der Waals surface area contributed by atoms with Crippen LogP contribution >= 0.6 is 0 Å². The summed E-state index contributed by atoms with van der Waals surface area (Å²) in [7, 11) is 1.31. The van der Waals surface area contributed by atoms with Crippen molar-refractivity contribution in [1.29, 1.82) is 0 Å². The molecule has 1 fully saturated rings. The molecule has 0 atom stereocenters. The number of halogens is 1. The molecule has 168 valence electrons. The summed E-state index contributed by atoms with van der Waals surface area (Å²) in [4.78, 5) is 24.3. The lowest BCUT2D eigenvalue weighted by Crippen LogP contribution is -2.12. The van der Waals surface area contributed by atoms with Crippen molar-refractivity contribution in [1.82, 2.24) is 15.0 Å². The SMILES string of the molecule is COC(=O)c1ccc2oc(COc3c(C4CCC4)ccc(-c4cnc(N)cn4)c3F)nc2c1. The first-order valence-electron chi connectivity index (χ1n) is 10.5. The molecule has 0 radical (unpaired) electrons. The number of aromatic nitrogens is 3. The number of hydrogen-bond acceptors (Lipinski definition) is 8. The average Bonchev–Trinajstić information content (AvgIpc) is 3.20. The van der Waals surface area contributed by atoms with E-state index >= 15 is 4.39 Å². The molecule has 8 nitrogen and oxygen atoms in total. The summed E-state index contributed by atoms with van der Waals surface area (Å²) >= 11 is 0. The van der Waals surface area contributed by atoms with Gasteiger partial charge in [-0.05, 0) is 43.0 Å². The largest absolute Gasteiger partial charge is 0.480 e. The minimum Gasteiger partial charge on any atom is -0.480 e. The Hall–Kier alpha value is -4.01. The van der Waals surface area contributed by atoms with Gasteiger partial charge < -0.3 is 19.6 Å². The zero-order chi connectivity index (χ0) is 22.9. The van der Waals surface area contributed by atoms with Gasteiger partial charge in [-0.15, -0.1) is 0 Å². The Morgan fingerprint density at radius 1 is 1.21 bits per heavy atom. The van der Waals surface area contributed by atoms with E-state index in [1.165, 1.54) is 19.5 Å². The smallest absolute Gasteiger partial charge is 0.337 e. The fourth-order valence-corrected chi connectivity index (χ4v) is 3.85. The molecule has 1 aliphatic rings. The molecule has 2 aromatic heterocycles. The van der Waals surface area contributed by atoms with Gasteiger partial charge in [-0.3, -0.25) is 4.98 Å². The van der Waals surface area contributed by atoms with E-state index in [0.717, 1.165) is 24.8 Å². The summed E-state index contributed by atoms with van der Waals surface area (Å²) in [6.45, 7) is -0.0737. The zero-order valence-corrected chi connectivity index (χ0v) is 17.9. The van der Waals surface area contributed by atoms with Crippen LogP contribution in [0.1, 0.15) is 47.0 Å². The highest BCUT2D eigenvalue weighted by molar-refractivity contribution is 5.93. The normalized spacial score (nSPS) is 13.6. The number of nitrogens with zero attached hydrogens (tertiary/aromatic N) is 3. The number of nitrogen functional groups attached to an aromatic ring is 1. The number of methoxy groups -OCH3 is 1. The molecule has 1 saturated carbocycles. The monoisotopic (exact) mass is 448 g/mol. The van der Waals surface area contributed by atoms with Gasteiger partial charge in [-0.25, -0.2) is 19.2 Å². The van der Waals surface area contributed by atoms with Gasteiger partial charge in [0.15, 0.2) is 23.8 Å². The summed E-state index contributed by atoms with van der Waals surface area (Å²) in [6.07, 6.45) is 5.88. The molecule has 2 heterocycles. The number of oxazole rings is 1. The Morgan fingerprint density at radius 2 is 2.06 bits per heavy atom. The molecule has 9 heteroatoms. The number of fused-ring (bicyclic) bond motifs is 1. The van der Waals surface area contributed by atoms with Crippen molar-refractivity contribution < 1.29 is 23.1 Å². The Morgan fingerprint density at radius 3 is 2.76 bits per heavy atom. The van der Waals surface area contributed by atoms with E-state index in [-0.39, 0.29) is 35.5 Å². The number of esters is 1. The van der Waals surface area contributed by atoms with Gasteiger partial charge in [0.05, 0.1) is 30.8 Å². The van der Waals surface area contributed by atoms with Crippen LogP contribution in [0.4, 0.5) is 10.2 Å². The molecule has 0 unspecified atom stereocenters. The molecule has 2 aromatic carbocycles. The predicted octanol–water partition coefficient (Wildman–Crippen LogP) is 4.64. The number of carbonyl (C=O) groups is 1. The number of anilines is 1. The van der Waals surface area contributed by atoms with Crippen molar-refractivity contribution in [3.63, 3.8) is 0 Å². The lowest BCUT2D eigenvalue weighted by molar-refractivity contribution is 0.0601. The standard InChI is InChI=1S/C24H21FN4O4/c1-31-24(30)14-5-8-19-17(9-14)29-21(33-19)12-32-23-15(13-3-2-4-13)6-7-16(22(23)25)18-10-28-20(26)11-27-18/h5-11,13H,2-4,12H2,1H3,(H2,26,28). The van der Waals surface area contributed by atoms with E-state index in [1.807, 2.05) is 6.07 Å². The highest BCUT2D eigenvalue weighted by atomic mass is 19.1. The Labute approximate surface area is 188 Å². The van der Waals surface area contributed by atoms with Crippen LogP contribution in [0.5, 0.6) is 5.75 Å². The van der Waals surface area contributed by atoms with Gasteiger partial charge in [0.1, 0.15) is 11.3 Å².